The lowest BCUT2D eigenvalue weighted by Gasteiger charge is -2.39. The minimum atomic E-state index is -2.70. The standard InChI is InChI=1S/C30H64NO5Si/c1-7-13-15-16-17-18-19-21-26-31(24-9-3,25-20-14-8-2)27-28-33-30(32)23-22-29-37(34-10-4,35-11-5)36-12-6/h7-29H2,1-6H3/q+1. The van der Waals surface area contributed by atoms with Crippen molar-refractivity contribution in [1.29, 1.82) is 0 Å². The van der Waals surface area contributed by atoms with Gasteiger partial charge in [0.1, 0.15) is 13.2 Å². The molecule has 0 bridgehead atoms. The van der Waals surface area contributed by atoms with Crippen molar-refractivity contribution in [1.82, 2.24) is 0 Å². The third-order valence-corrected chi connectivity index (χ3v) is 10.4. The third-order valence-electron chi connectivity index (χ3n) is 7.21. The SMILES string of the molecule is CCCCCCCCCC[N+](CCC)(CCCCC)CCOC(=O)CCC[Si](OCC)(OCC)OCC. The number of rotatable bonds is 28. The average Bonchev–Trinajstić information content (AvgIpc) is 2.86. The van der Waals surface area contributed by atoms with Crippen LogP contribution in [0.2, 0.25) is 6.04 Å². The van der Waals surface area contributed by atoms with Gasteiger partial charge in [0.25, 0.3) is 0 Å². The van der Waals surface area contributed by atoms with Gasteiger partial charge in [-0.2, -0.15) is 0 Å². The molecule has 0 aliphatic heterocycles. The van der Waals surface area contributed by atoms with Crippen LogP contribution in [0.1, 0.15) is 131 Å². The Hall–Kier alpha value is -0.473. The second kappa shape index (κ2) is 24.6. The van der Waals surface area contributed by atoms with E-state index in [1.54, 1.807) is 0 Å². The van der Waals surface area contributed by atoms with Gasteiger partial charge < -0.3 is 22.5 Å². The van der Waals surface area contributed by atoms with Crippen molar-refractivity contribution >= 4 is 14.8 Å². The second-order valence-electron chi connectivity index (χ2n) is 10.5. The summed E-state index contributed by atoms with van der Waals surface area (Å²) in [7, 11) is -2.70. The van der Waals surface area contributed by atoms with Crippen molar-refractivity contribution in [2.75, 3.05) is 52.6 Å². The summed E-state index contributed by atoms with van der Waals surface area (Å²) >= 11 is 0. The molecule has 0 fully saturated rings. The van der Waals surface area contributed by atoms with E-state index >= 15 is 0 Å². The molecule has 1 unspecified atom stereocenters. The molecule has 0 spiro atoms. The fourth-order valence-corrected chi connectivity index (χ4v) is 7.91. The molecular weight excluding hydrogens is 482 g/mol. The zero-order valence-corrected chi connectivity index (χ0v) is 26.8. The van der Waals surface area contributed by atoms with E-state index < -0.39 is 8.80 Å². The lowest BCUT2D eigenvalue weighted by Crippen LogP contribution is -2.52. The largest absolute Gasteiger partial charge is 0.500 e. The van der Waals surface area contributed by atoms with Gasteiger partial charge in [-0.1, -0.05) is 65.7 Å². The summed E-state index contributed by atoms with van der Waals surface area (Å²) in [6.07, 6.45) is 16.9. The number of carbonyl (C=O) groups is 1. The molecule has 7 heteroatoms. The molecule has 0 aromatic carbocycles. The molecule has 1 atom stereocenters. The number of ether oxygens (including phenoxy) is 1. The third kappa shape index (κ3) is 18.4. The van der Waals surface area contributed by atoms with E-state index in [9.17, 15) is 4.79 Å². The minimum absolute atomic E-state index is 0.109. The highest BCUT2D eigenvalue weighted by atomic mass is 28.4. The predicted octanol–water partition coefficient (Wildman–Crippen LogP) is 7.92. The van der Waals surface area contributed by atoms with Crippen LogP contribution in [-0.4, -0.2) is 71.9 Å². The molecule has 0 aliphatic carbocycles. The van der Waals surface area contributed by atoms with Crippen LogP contribution < -0.4 is 0 Å². The molecule has 0 rings (SSSR count). The Morgan fingerprint density at radius 2 is 1.05 bits per heavy atom. The molecule has 0 aromatic rings. The first kappa shape index (κ1) is 36.5. The van der Waals surface area contributed by atoms with Crippen LogP contribution in [0, 0.1) is 0 Å². The minimum Gasteiger partial charge on any atom is -0.460 e. The van der Waals surface area contributed by atoms with Crippen LogP contribution in [0.4, 0.5) is 0 Å². The lowest BCUT2D eigenvalue weighted by atomic mass is 10.1. The summed E-state index contributed by atoms with van der Waals surface area (Å²) in [5, 5.41) is 0. The van der Waals surface area contributed by atoms with Gasteiger partial charge in [0, 0.05) is 32.3 Å². The number of nitrogens with zero attached hydrogens (tertiary/aromatic N) is 1. The van der Waals surface area contributed by atoms with Crippen LogP contribution in [0.3, 0.4) is 0 Å². The lowest BCUT2D eigenvalue weighted by molar-refractivity contribution is -0.928. The van der Waals surface area contributed by atoms with Gasteiger partial charge >= 0.3 is 14.8 Å². The summed E-state index contributed by atoms with van der Waals surface area (Å²) in [5.41, 5.74) is 0. The zero-order valence-electron chi connectivity index (χ0n) is 25.8. The van der Waals surface area contributed by atoms with Gasteiger partial charge in [-0.3, -0.25) is 4.79 Å². The van der Waals surface area contributed by atoms with Crippen LogP contribution in [0.5, 0.6) is 0 Å². The normalized spacial score (nSPS) is 13.6. The maximum atomic E-state index is 12.6. The van der Waals surface area contributed by atoms with Gasteiger partial charge in [0.15, 0.2) is 0 Å². The molecule has 0 N–H and O–H groups in total. The number of quaternary nitrogens is 1. The Morgan fingerprint density at radius 1 is 0.568 bits per heavy atom. The summed E-state index contributed by atoms with van der Waals surface area (Å²) in [6.45, 7) is 19.5. The van der Waals surface area contributed by atoms with E-state index in [0.29, 0.717) is 45.3 Å². The van der Waals surface area contributed by atoms with E-state index in [2.05, 4.69) is 20.8 Å². The number of carbonyl (C=O) groups excluding carboxylic acids is 1. The fraction of sp³-hybridized carbons (Fsp3) is 0.967. The molecule has 222 valence electrons. The highest BCUT2D eigenvalue weighted by molar-refractivity contribution is 6.60. The topological polar surface area (TPSA) is 54.0 Å². The van der Waals surface area contributed by atoms with Gasteiger partial charge in [0.05, 0.1) is 19.6 Å². The van der Waals surface area contributed by atoms with Gasteiger partial charge in [-0.05, 0) is 59.3 Å². The fourth-order valence-electron chi connectivity index (χ4n) is 5.30. The molecule has 37 heavy (non-hydrogen) atoms. The Kier molecular flexibility index (Phi) is 24.2. The molecule has 0 radical (unpaired) electrons. The molecule has 0 saturated heterocycles. The van der Waals surface area contributed by atoms with E-state index in [1.807, 2.05) is 20.8 Å². The first-order chi connectivity index (χ1) is 18.0. The number of hydrogen-bond acceptors (Lipinski definition) is 5. The zero-order chi connectivity index (χ0) is 27.7. The maximum absolute atomic E-state index is 12.6. The monoisotopic (exact) mass is 546 g/mol. The van der Waals surface area contributed by atoms with Crippen LogP contribution in [0.25, 0.3) is 0 Å². The van der Waals surface area contributed by atoms with E-state index in [0.717, 1.165) is 11.0 Å². The molecular formula is C30H64NO5Si+. The number of hydrogen-bond donors (Lipinski definition) is 0. The Bertz CT molecular complexity index is 505. The van der Waals surface area contributed by atoms with Crippen molar-refractivity contribution < 1.29 is 27.3 Å². The first-order valence-electron chi connectivity index (χ1n) is 15.9. The molecule has 0 aromatic heterocycles. The first-order valence-corrected chi connectivity index (χ1v) is 17.8. The summed E-state index contributed by atoms with van der Waals surface area (Å²) in [6, 6.07) is 0.656. The van der Waals surface area contributed by atoms with Crippen molar-refractivity contribution in [2.24, 2.45) is 0 Å². The Morgan fingerprint density at radius 3 is 1.57 bits per heavy atom. The Balaban J connectivity index is 4.70. The van der Waals surface area contributed by atoms with Crippen molar-refractivity contribution in [2.45, 2.75) is 137 Å². The van der Waals surface area contributed by atoms with Gasteiger partial charge in [-0.15, -0.1) is 0 Å². The van der Waals surface area contributed by atoms with Gasteiger partial charge in [0.2, 0.25) is 0 Å². The Labute approximate surface area is 232 Å². The summed E-state index contributed by atoms with van der Waals surface area (Å²) < 4.78 is 24.6. The van der Waals surface area contributed by atoms with Crippen LogP contribution in [0.15, 0.2) is 0 Å². The van der Waals surface area contributed by atoms with Gasteiger partial charge in [-0.25, -0.2) is 0 Å². The van der Waals surface area contributed by atoms with Crippen LogP contribution >= 0.6 is 0 Å². The molecule has 0 amide bonds. The number of esters is 1. The second-order valence-corrected chi connectivity index (χ2v) is 13.2. The summed E-state index contributed by atoms with van der Waals surface area (Å²) in [5.74, 6) is -0.109. The van der Waals surface area contributed by atoms with Crippen LogP contribution in [-0.2, 0) is 22.8 Å². The quantitative estimate of drug-likeness (QED) is 0.0432. The van der Waals surface area contributed by atoms with Crippen molar-refractivity contribution in [3.63, 3.8) is 0 Å². The average molecular weight is 547 g/mol. The smallest absolute Gasteiger partial charge is 0.460 e. The van der Waals surface area contributed by atoms with E-state index in [-0.39, 0.29) is 5.97 Å². The van der Waals surface area contributed by atoms with E-state index in [4.69, 9.17) is 18.0 Å². The van der Waals surface area contributed by atoms with E-state index in [1.165, 1.54) is 96.7 Å². The van der Waals surface area contributed by atoms with Crippen molar-refractivity contribution in [3.05, 3.63) is 0 Å². The highest BCUT2D eigenvalue weighted by Gasteiger charge is 2.39. The molecule has 0 saturated carbocycles. The van der Waals surface area contributed by atoms with Crippen molar-refractivity contribution in [3.8, 4) is 0 Å². The number of unbranched alkanes of at least 4 members (excludes halogenated alkanes) is 9. The molecule has 0 aliphatic rings. The predicted molar refractivity (Wildman–Crippen MR) is 158 cm³/mol. The maximum Gasteiger partial charge on any atom is 0.500 e. The highest BCUT2D eigenvalue weighted by Crippen LogP contribution is 2.20. The molecule has 6 nitrogen and oxygen atoms in total. The molecule has 0 heterocycles. The summed E-state index contributed by atoms with van der Waals surface area (Å²) in [4.78, 5) is 12.6.